The van der Waals surface area contributed by atoms with Crippen molar-refractivity contribution in [1.82, 2.24) is 0 Å². The summed E-state index contributed by atoms with van der Waals surface area (Å²) in [4.78, 5) is 31.6. The van der Waals surface area contributed by atoms with Gasteiger partial charge in [-0.2, -0.15) is 0 Å². The first-order chi connectivity index (χ1) is 17.7. The van der Waals surface area contributed by atoms with E-state index in [1.54, 1.807) is 45.3 Å². The summed E-state index contributed by atoms with van der Waals surface area (Å²) < 4.78 is 0. The lowest BCUT2D eigenvalue weighted by atomic mass is 9.94. The number of thiophene rings is 4. The highest BCUT2D eigenvalue weighted by molar-refractivity contribution is 7.22. The molecule has 0 unspecified atom stereocenters. The third-order valence-electron chi connectivity index (χ3n) is 6.45. The lowest BCUT2D eigenvalue weighted by molar-refractivity contribution is 0.0947. The Morgan fingerprint density at radius 3 is 1.92 bits per heavy atom. The van der Waals surface area contributed by atoms with E-state index in [1.807, 2.05) is 5.38 Å². The molecule has 0 spiro atoms. The van der Waals surface area contributed by atoms with Crippen LogP contribution in [0, 0.1) is 0 Å². The molecule has 190 valence electrons. The minimum Gasteiger partial charge on any atom is -0.294 e. The lowest BCUT2D eigenvalue weighted by Crippen LogP contribution is -2.08. The second-order valence-electron chi connectivity index (χ2n) is 9.13. The number of Topliss-reactive ketones (excluding diaryl/α,β-unsaturated/α-hetero) is 2. The van der Waals surface area contributed by atoms with Crippen molar-refractivity contribution in [3.8, 4) is 30.6 Å². The first-order valence-electron chi connectivity index (χ1n) is 13.0. The number of carbonyl (C=O) groups is 2. The minimum atomic E-state index is 0.122. The van der Waals surface area contributed by atoms with E-state index in [0.717, 1.165) is 61.8 Å². The fourth-order valence-corrected chi connectivity index (χ4v) is 8.48. The summed E-state index contributed by atoms with van der Waals surface area (Å²) in [6.45, 7) is 4.36. The smallest absolute Gasteiger partial charge is 0.165 e. The molecule has 0 saturated carbocycles. The maximum atomic E-state index is 13.6. The van der Waals surface area contributed by atoms with Gasteiger partial charge in [-0.1, -0.05) is 58.4 Å². The molecule has 0 bridgehead atoms. The summed E-state index contributed by atoms with van der Waals surface area (Å²) in [6.07, 6.45) is 9.53. The van der Waals surface area contributed by atoms with Gasteiger partial charge in [-0.25, -0.2) is 0 Å². The molecule has 36 heavy (non-hydrogen) atoms. The Kier molecular flexibility index (Phi) is 10.3. The van der Waals surface area contributed by atoms with Crippen molar-refractivity contribution in [3.05, 3.63) is 56.9 Å². The van der Waals surface area contributed by atoms with Crippen LogP contribution in [0.25, 0.3) is 30.6 Å². The third-order valence-corrected chi connectivity index (χ3v) is 10.4. The van der Waals surface area contributed by atoms with Crippen LogP contribution in [0.1, 0.15) is 98.8 Å². The van der Waals surface area contributed by atoms with Crippen LogP contribution in [0.2, 0.25) is 0 Å². The Morgan fingerprint density at radius 1 is 0.639 bits per heavy atom. The zero-order chi connectivity index (χ0) is 25.3. The maximum Gasteiger partial charge on any atom is 0.165 e. The van der Waals surface area contributed by atoms with Crippen molar-refractivity contribution < 1.29 is 9.59 Å². The second kappa shape index (κ2) is 13.6. The fourth-order valence-electron chi connectivity index (χ4n) is 4.51. The summed E-state index contributed by atoms with van der Waals surface area (Å²) in [5.74, 6) is 0.248. The predicted octanol–water partition coefficient (Wildman–Crippen LogP) is 11.2. The van der Waals surface area contributed by atoms with E-state index >= 15 is 0 Å². The molecule has 2 nitrogen and oxygen atoms in total. The Morgan fingerprint density at radius 2 is 1.28 bits per heavy atom. The van der Waals surface area contributed by atoms with Gasteiger partial charge in [0.25, 0.3) is 0 Å². The van der Waals surface area contributed by atoms with E-state index in [0.29, 0.717) is 24.0 Å². The van der Waals surface area contributed by atoms with Crippen molar-refractivity contribution in [1.29, 1.82) is 0 Å². The summed E-state index contributed by atoms with van der Waals surface area (Å²) in [7, 11) is 0. The third kappa shape index (κ3) is 6.34. The Balaban J connectivity index is 1.69. The van der Waals surface area contributed by atoms with Gasteiger partial charge in [0.15, 0.2) is 11.6 Å². The number of hydrogen-bond donors (Lipinski definition) is 0. The molecule has 4 heterocycles. The van der Waals surface area contributed by atoms with Crippen LogP contribution in [0.15, 0.2) is 45.8 Å². The van der Waals surface area contributed by atoms with Crippen LogP contribution >= 0.6 is 45.3 Å². The van der Waals surface area contributed by atoms with Crippen LogP contribution in [-0.4, -0.2) is 11.6 Å². The van der Waals surface area contributed by atoms with Crippen molar-refractivity contribution in [3.63, 3.8) is 0 Å². The number of unbranched alkanes of at least 4 members (excludes halogenated alkanes) is 6. The quantitative estimate of drug-likeness (QED) is 0.108. The summed E-state index contributed by atoms with van der Waals surface area (Å²) >= 11 is 6.79. The average Bonchev–Trinajstić information content (AvgIpc) is 3.68. The van der Waals surface area contributed by atoms with E-state index in [9.17, 15) is 9.59 Å². The molecule has 0 N–H and O–H groups in total. The molecular formula is C30H34O2S4. The van der Waals surface area contributed by atoms with Crippen LogP contribution < -0.4 is 0 Å². The van der Waals surface area contributed by atoms with Gasteiger partial charge in [-0.05, 0) is 47.2 Å². The topological polar surface area (TPSA) is 34.1 Å². The average molecular weight is 555 g/mol. The van der Waals surface area contributed by atoms with Gasteiger partial charge >= 0.3 is 0 Å². The molecule has 6 heteroatoms. The maximum absolute atomic E-state index is 13.6. The molecule has 0 aliphatic carbocycles. The zero-order valence-corrected chi connectivity index (χ0v) is 24.4. The molecule has 4 rings (SSSR count). The lowest BCUT2D eigenvalue weighted by Gasteiger charge is -2.09. The minimum absolute atomic E-state index is 0.122. The van der Waals surface area contributed by atoms with E-state index in [4.69, 9.17) is 0 Å². The van der Waals surface area contributed by atoms with Crippen LogP contribution in [-0.2, 0) is 0 Å². The van der Waals surface area contributed by atoms with Gasteiger partial charge < -0.3 is 0 Å². The highest BCUT2D eigenvalue weighted by Gasteiger charge is 2.26. The van der Waals surface area contributed by atoms with Crippen LogP contribution in [0.4, 0.5) is 0 Å². The zero-order valence-electron chi connectivity index (χ0n) is 21.1. The molecule has 0 amide bonds. The van der Waals surface area contributed by atoms with Gasteiger partial charge in [0.2, 0.25) is 0 Å². The highest BCUT2D eigenvalue weighted by Crippen LogP contribution is 2.47. The molecule has 0 aliphatic heterocycles. The Bertz CT molecular complexity index is 1260. The largest absolute Gasteiger partial charge is 0.294 e. The van der Waals surface area contributed by atoms with Crippen molar-refractivity contribution in [2.75, 3.05) is 0 Å². The highest BCUT2D eigenvalue weighted by atomic mass is 32.1. The summed E-state index contributed by atoms with van der Waals surface area (Å²) in [5.41, 5.74) is 3.62. The van der Waals surface area contributed by atoms with E-state index in [-0.39, 0.29) is 11.6 Å². The van der Waals surface area contributed by atoms with Gasteiger partial charge in [0.1, 0.15) is 0 Å². The van der Waals surface area contributed by atoms with Gasteiger partial charge in [-0.3, -0.25) is 9.59 Å². The molecule has 0 radical (unpaired) electrons. The SMILES string of the molecule is CCCCCCC(=O)c1csc(-c2ccsc2-c2ccsc2-c2cccs2)c1C(=O)CCCCCC. The van der Waals surface area contributed by atoms with Crippen molar-refractivity contribution in [2.24, 2.45) is 0 Å². The summed E-state index contributed by atoms with van der Waals surface area (Å²) in [5, 5.41) is 8.32. The van der Waals surface area contributed by atoms with Crippen molar-refractivity contribution in [2.45, 2.75) is 78.1 Å². The predicted molar refractivity (Wildman–Crippen MR) is 160 cm³/mol. The molecular weight excluding hydrogens is 521 g/mol. The first kappa shape index (κ1) is 27.2. The number of carbonyl (C=O) groups excluding carboxylic acids is 2. The van der Waals surface area contributed by atoms with Gasteiger partial charge in [0, 0.05) is 55.1 Å². The number of hydrogen-bond acceptors (Lipinski definition) is 6. The van der Waals surface area contributed by atoms with Gasteiger partial charge in [-0.15, -0.1) is 45.3 Å². The normalized spacial score (nSPS) is 11.3. The van der Waals surface area contributed by atoms with Crippen LogP contribution in [0.5, 0.6) is 0 Å². The Labute approximate surface area is 231 Å². The van der Waals surface area contributed by atoms with Gasteiger partial charge in [0.05, 0.1) is 4.88 Å². The fraction of sp³-hybridized carbons (Fsp3) is 0.400. The monoisotopic (exact) mass is 554 g/mol. The molecule has 0 atom stereocenters. The molecule has 4 aromatic heterocycles. The Hall–Kier alpha value is -1.86. The second-order valence-corrected chi connectivity index (χ2v) is 12.8. The number of rotatable bonds is 15. The molecule has 0 fully saturated rings. The van der Waals surface area contributed by atoms with Crippen LogP contribution in [0.3, 0.4) is 0 Å². The standard InChI is InChI=1S/C30H34O2S4/c1-3-5-7-9-12-24(31)23-20-36-30(27(23)25(32)13-10-8-6-4-2)22-16-18-34-28(22)21-15-19-35-29(21)26-14-11-17-33-26/h11,14-20H,3-10,12-13H2,1-2H3. The van der Waals surface area contributed by atoms with E-state index in [2.05, 4.69) is 54.3 Å². The summed E-state index contributed by atoms with van der Waals surface area (Å²) in [6, 6.07) is 8.57. The first-order valence-corrected chi connectivity index (χ1v) is 16.5. The number of ketones is 2. The van der Waals surface area contributed by atoms with Crippen molar-refractivity contribution >= 4 is 56.9 Å². The molecule has 0 aromatic carbocycles. The van der Waals surface area contributed by atoms with E-state index < -0.39 is 0 Å². The molecule has 0 saturated heterocycles. The molecule has 0 aliphatic rings. The van der Waals surface area contributed by atoms with E-state index in [1.165, 1.54) is 20.2 Å². The molecule has 4 aromatic rings.